The summed E-state index contributed by atoms with van der Waals surface area (Å²) < 4.78 is 52.3. The molecule has 0 amide bonds. The number of methoxy groups -OCH3 is 1. The largest absolute Gasteiger partial charge is 0.504 e. The minimum atomic E-state index is -3.73. The molecule has 12 nitrogen and oxygen atoms in total. The van der Waals surface area contributed by atoms with Crippen LogP contribution in [0.4, 0.5) is 0 Å². The molecule has 0 aromatic heterocycles. The number of nitrogens with one attached hydrogen (secondary N) is 3. The molecular weight excluding hydrogens is 648 g/mol. The summed E-state index contributed by atoms with van der Waals surface area (Å²) in [4.78, 5) is 13.3. The van der Waals surface area contributed by atoms with Crippen LogP contribution in [-0.2, 0) is 19.6 Å². The molecule has 0 saturated carbocycles. The number of fused-ring (bicyclic) bond motifs is 3. The predicted molar refractivity (Wildman–Crippen MR) is 188 cm³/mol. The van der Waals surface area contributed by atoms with E-state index in [4.69, 9.17) is 24.7 Å². The third kappa shape index (κ3) is 9.37. The lowest BCUT2D eigenvalue weighted by Gasteiger charge is -2.39. The number of cyclic esters (lactones) is 1. The molecule has 49 heavy (non-hydrogen) atoms. The molecule has 6 N–H and O–H groups in total. The highest BCUT2D eigenvalue weighted by Gasteiger charge is 2.53. The van der Waals surface area contributed by atoms with E-state index in [2.05, 4.69) is 15.4 Å². The lowest BCUT2D eigenvalue weighted by molar-refractivity contribution is -0.141. The number of rotatable bonds is 21. The molecule has 2 aromatic carbocycles. The van der Waals surface area contributed by atoms with Crippen LogP contribution in [0, 0.1) is 18.8 Å². The maximum Gasteiger partial charge on any atom is 0.310 e. The Labute approximate surface area is 290 Å². The van der Waals surface area contributed by atoms with Crippen LogP contribution in [-0.4, -0.2) is 78.5 Å². The Balaban J connectivity index is 1.16. The first kappa shape index (κ1) is 37.2. The number of esters is 1. The molecule has 1 saturated heterocycles. The number of hydrogen-bond donors (Lipinski definition) is 5. The second-order valence-corrected chi connectivity index (χ2v) is 15.3. The number of phenolic OH excluding ortho intramolecular Hbond substituents is 1. The van der Waals surface area contributed by atoms with Crippen LogP contribution in [0.2, 0.25) is 0 Å². The van der Waals surface area contributed by atoms with Gasteiger partial charge in [0, 0.05) is 18.4 Å². The van der Waals surface area contributed by atoms with Gasteiger partial charge in [-0.3, -0.25) is 4.79 Å². The van der Waals surface area contributed by atoms with Crippen molar-refractivity contribution in [2.75, 3.05) is 59.0 Å². The topological polar surface area (TPSA) is 170 Å². The Morgan fingerprint density at radius 2 is 1.47 bits per heavy atom. The van der Waals surface area contributed by atoms with Gasteiger partial charge >= 0.3 is 5.97 Å². The fourth-order valence-corrected chi connectivity index (χ4v) is 8.53. The van der Waals surface area contributed by atoms with E-state index < -0.39 is 33.8 Å². The zero-order chi connectivity index (χ0) is 34.8. The molecule has 2 aromatic rings. The summed E-state index contributed by atoms with van der Waals surface area (Å²) in [5, 5.41) is 17.3. The monoisotopic (exact) mass is 702 g/mol. The van der Waals surface area contributed by atoms with E-state index in [1.807, 2.05) is 18.2 Å². The highest BCUT2D eigenvalue weighted by molar-refractivity contribution is 7.89. The van der Waals surface area contributed by atoms with Crippen molar-refractivity contribution in [2.45, 2.75) is 76.7 Å². The highest BCUT2D eigenvalue weighted by Crippen LogP contribution is 2.55. The van der Waals surface area contributed by atoms with Crippen molar-refractivity contribution < 1.29 is 37.3 Å². The predicted octanol–water partition coefficient (Wildman–Crippen LogP) is 3.98. The number of sulfonamides is 1. The van der Waals surface area contributed by atoms with E-state index in [1.165, 1.54) is 39.2 Å². The number of hydrogen-bond acceptors (Lipinski definition) is 11. The van der Waals surface area contributed by atoms with Gasteiger partial charge in [-0.05, 0) is 99.2 Å². The van der Waals surface area contributed by atoms with Crippen LogP contribution < -0.4 is 35.3 Å². The minimum absolute atomic E-state index is 0.0297. The summed E-state index contributed by atoms with van der Waals surface area (Å²) in [6, 6.07) is 6.52. The number of benzene rings is 2. The molecule has 1 aliphatic carbocycles. The molecular formula is C36H54N4O8S. The number of ether oxygens (including phenoxy) is 4. The van der Waals surface area contributed by atoms with Gasteiger partial charge in [-0.2, -0.15) is 0 Å². The summed E-state index contributed by atoms with van der Waals surface area (Å²) >= 11 is 0. The summed E-state index contributed by atoms with van der Waals surface area (Å²) in [5.41, 5.74) is 8.34. The molecule has 3 aliphatic rings. The van der Waals surface area contributed by atoms with Gasteiger partial charge in [0.25, 0.3) is 0 Å². The van der Waals surface area contributed by atoms with Gasteiger partial charge < -0.3 is 40.4 Å². The third-order valence-electron chi connectivity index (χ3n) is 9.92. The van der Waals surface area contributed by atoms with E-state index >= 15 is 0 Å². The van der Waals surface area contributed by atoms with Gasteiger partial charge in [-0.25, -0.2) is 13.1 Å². The molecule has 0 spiro atoms. The summed E-state index contributed by atoms with van der Waals surface area (Å²) in [5.74, 6) is -0.685. The van der Waals surface area contributed by atoms with E-state index in [1.54, 1.807) is 13.0 Å². The van der Waals surface area contributed by atoms with Crippen molar-refractivity contribution in [3.05, 3.63) is 46.5 Å². The fourth-order valence-electron chi connectivity index (χ4n) is 7.31. The van der Waals surface area contributed by atoms with Gasteiger partial charge in [0.1, 0.15) is 0 Å². The zero-order valence-electron chi connectivity index (χ0n) is 28.9. The van der Waals surface area contributed by atoms with Gasteiger partial charge in [-0.1, -0.05) is 38.2 Å². The fraction of sp³-hybridized carbons (Fsp3) is 0.639. The lowest BCUT2D eigenvalue weighted by Crippen LogP contribution is -2.44. The molecule has 13 heteroatoms. The standard InChI is InChI=1S/C36H54N4O8S/c1-24-18-25(19-31(45-2)35(24)41)32-26-20-29-30(48-23-47-29)21-27(26)34(28-22-46-36(42)33(28)32)40-49(43,44)17-16-39-14-10-7-5-3-4-6-9-13-38-15-11-8-12-37/h18-21,28,32-34,38-41H,3-17,22-23,37H2,1-2H3/t28-,32?,33-,34+/m0/s1. The summed E-state index contributed by atoms with van der Waals surface area (Å²) in [6.07, 6.45) is 10.5. The van der Waals surface area contributed by atoms with Crippen molar-refractivity contribution in [3.8, 4) is 23.0 Å². The van der Waals surface area contributed by atoms with E-state index in [9.17, 15) is 18.3 Å². The number of carbonyl (C=O) groups is 1. The maximum atomic E-state index is 13.5. The van der Waals surface area contributed by atoms with Gasteiger partial charge in [0.2, 0.25) is 16.8 Å². The first-order chi connectivity index (χ1) is 23.7. The van der Waals surface area contributed by atoms with Crippen LogP contribution in [0.3, 0.4) is 0 Å². The van der Waals surface area contributed by atoms with Crippen molar-refractivity contribution >= 4 is 16.0 Å². The highest BCUT2D eigenvalue weighted by atomic mass is 32.2. The average Bonchev–Trinajstić information content (AvgIpc) is 3.71. The van der Waals surface area contributed by atoms with Gasteiger partial charge in [0.05, 0.1) is 31.4 Å². The minimum Gasteiger partial charge on any atom is -0.504 e. The van der Waals surface area contributed by atoms with Crippen LogP contribution >= 0.6 is 0 Å². The van der Waals surface area contributed by atoms with Gasteiger partial charge in [0.15, 0.2) is 23.0 Å². The molecule has 0 radical (unpaired) electrons. The quantitative estimate of drug-likeness (QED) is 0.0942. The number of nitrogens with two attached hydrogens (primary N) is 1. The lowest BCUT2D eigenvalue weighted by atomic mass is 9.65. The molecule has 2 heterocycles. The number of unbranched alkanes of at least 4 members (excludes halogenated alkanes) is 7. The van der Waals surface area contributed by atoms with Crippen molar-refractivity contribution in [2.24, 2.45) is 17.6 Å². The first-order valence-corrected chi connectivity index (χ1v) is 19.5. The van der Waals surface area contributed by atoms with Crippen molar-refractivity contribution in [1.29, 1.82) is 0 Å². The molecule has 4 atom stereocenters. The number of phenols is 1. The second kappa shape index (κ2) is 17.7. The van der Waals surface area contributed by atoms with Crippen molar-refractivity contribution in [1.82, 2.24) is 15.4 Å². The van der Waals surface area contributed by atoms with Crippen LogP contribution in [0.1, 0.15) is 92.0 Å². The maximum absolute atomic E-state index is 13.5. The molecule has 1 unspecified atom stereocenters. The third-order valence-corrected chi connectivity index (χ3v) is 11.3. The van der Waals surface area contributed by atoms with E-state index in [0.717, 1.165) is 63.0 Å². The summed E-state index contributed by atoms with van der Waals surface area (Å²) in [6.45, 7) is 5.90. The average molecular weight is 703 g/mol. The second-order valence-electron chi connectivity index (χ2n) is 13.4. The summed E-state index contributed by atoms with van der Waals surface area (Å²) in [7, 11) is -2.25. The Hall–Kier alpha value is -3.10. The normalized spacial score (nSPS) is 21.0. The number of carbonyl (C=O) groups excluding carboxylic acids is 1. The Bertz CT molecular complexity index is 1520. The van der Waals surface area contributed by atoms with E-state index in [-0.39, 0.29) is 30.9 Å². The molecule has 1 fully saturated rings. The molecule has 5 rings (SSSR count). The molecule has 2 aliphatic heterocycles. The van der Waals surface area contributed by atoms with Crippen LogP contribution in [0.5, 0.6) is 23.0 Å². The van der Waals surface area contributed by atoms with E-state index in [0.29, 0.717) is 34.9 Å². The Morgan fingerprint density at radius 1 is 0.857 bits per heavy atom. The van der Waals surface area contributed by atoms with Crippen LogP contribution in [0.25, 0.3) is 0 Å². The van der Waals surface area contributed by atoms with Crippen LogP contribution in [0.15, 0.2) is 24.3 Å². The SMILES string of the molecule is COc1cc(C2c3cc4c(cc3[C@@H](NS(=O)(=O)CCNCCCCCCCCCNCCCCN)[C@H]3COC(=O)[C@H]23)OCO4)cc(C)c1O. The first-order valence-electron chi connectivity index (χ1n) is 17.8. The smallest absolute Gasteiger partial charge is 0.310 e. The molecule has 0 bridgehead atoms. The molecule has 272 valence electrons. The van der Waals surface area contributed by atoms with Gasteiger partial charge in [-0.15, -0.1) is 0 Å². The van der Waals surface area contributed by atoms with Crippen molar-refractivity contribution in [3.63, 3.8) is 0 Å². The Morgan fingerprint density at radius 3 is 2.12 bits per heavy atom. The Kier molecular flexibility index (Phi) is 13.4. The number of aromatic hydroxyl groups is 1. The zero-order valence-corrected chi connectivity index (χ0v) is 29.7. The number of aryl methyl sites for hydroxylation is 1.